The van der Waals surface area contributed by atoms with Crippen LogP contribution in [0.15, 0.2) is 42.9 Å². The first-order chi connectivity index (χ1) is 25.1. The Hall–Kier alpha value is -3.71. The second-order valence-electron chi connectivity index (χ2n) is 18.7. The Bertz CT molecular complexity index is 1460. The Morgan fingerprint density at radius 2 is 1.15 bits per heavy atom. The number of fused-ring (bicyclic) bond motifs is 4. The van der Waals surface area contributed by atoms with Gasteiger partial charge in [-0.15, -0.1) is 0 Å². The van der Waals surface area contributed by atoms with Crippen molar-refractivity contribution in [3.05, 3.63) is 48.5 Å². The third kappa shape index (κ3) is 12.7. The smallest absolute Gasteiger partial charge is 0.410 e. The number of aliphatic hydroxyl groups is 1. The predicted molar refractivity (Wildman–Crippen MR) is 206 cm³/mol. The van der Waals surface area contributed by atoms with Crippen molar-refractivity contribution in [2.45, 2.75) is 192 Å². The summed E-state index contributed by atoms with van der Waals surface area (Å²) in [5.74, 6) is 0.285. The van der Waals surface area contributed by atoms with Gasteiger partial charge in [0.05, 0.1) is 5.69 Å². The summed E-state index contributed by atoms with van der Waals surface area (Å²) in [7, 11) is 0. The third-order valence-electron chi connectivity index (χ3n) is 10.3. The minimum atomic E-state index is -1.00. The summed E-state index contributed by atoms with van der Waals surface area (Å²) >= 11 is 0. The molecule has 0 saturated carbocycles. The van der Waals surface area contributed by atoms with Crippen LogP contribution in [-0.2, 0) is 19.9 Å². The Morgan fingerprint density at radius 1 is 0.722 bits per heavy atom. The largest absolute Gasteiger partial charge is 0.444 e. The molecule has 7 heterocycles. The number of nitrogens with one attached hydrogen (secondary N) is 1. The first-order valence-corrected chi connectivity index (χ1v) is 19.6. The summed E-state index contributed by atoms with van der Waals surface area (Å²) in [4.78, 5) is 39.4. The fraction of sp³-hybridized carbons (Fsp3) is 0.732. The van der Waals surface area contributed by atoms with E-state index in [0.717, 1.165) is 25.7 Å². The number of aromatic nitrogens is 4. The zero-order chi connectivity index (χ0) is 40.0. The monoisotopic (exact) mass is 751 g/mol. The first-order valence-electron chi connectivity index (χ1n) is 19.6. The molecule has 0 spiro atoms. The molecule has 7 rings (SSSR count). The van der Waals surface area contributed by atoms with Gasteiger partial charge in [0.25, 0.3) is 0 Å². The van der Waals surface area contributed by atoms with Crippen molar-refractivity contribution < 1.29 is 29.0 Å². The van der Waals surface area contributed by atoms with Crippen LogP contribution in [0.4, 0.5) is 9.59 Å². The van der Waals surface area contributed by atoms with Crippen molar-refractivity contribution >= 4 is 18.0 Å². The molecule has 13 nitrogen and oxygen atoms in total. The van der Waals surface area contributed by atoms with E-state index in [4.69, 9.17) is 9.47 Å². The normalized spacial score (nSPS) is 27.9. The van der Waals surface area contributed by atoms with E-state index in [2.05, 4.69) is 53.4 Å². The topological polar surface area (TPSA) is 160 Å². The van der Waals surface area contributed by atoms with E-state index in [1.165, 1.54) is 19.3 Å². The number of Topliss-reactive ketones (excluding diaryl/α,β-unsaturated/α-hetero) is 1. The van der Waals surface area contributed by atoms with E-state index >= 15 is 0 Å². The summed E-state index contributed by atoms with van der Waals surface area (Å²) in [6.45, 7) is 20.3. The van der Waals surface area contributed by atoms with Crippen molar-refractivity contribution in [3.63, 3.8) is 0 Å². The van der Waals surface area contributed by atoms with Crippen LogP contribution in [0.5, 0.6) is 0 Å². The van der Waals surface area contributed by atoms with Gasteiger partial charge in [0.1, 0.15) is 22.6 Å². The van der Waals surface area contributed by atoms with Gasteiger partial charge in [-0.3, -0.25) is 4.79 Å². The van der Waals surface area contributed by atoms with Crippen LogP contribution in [0, 0.1) is 0 Å². The predicted octanol–water partition coefficient (Wildman–Crippen LogP) is 7.14. The molecule has 2 aromatic heterocycles. The quantitative estimate of drug-likeness (QED) is 0.305. The molecule has 5 saturated heterocycles. The van der Waals surface area contributed by atoms with Crippen LogP contribution in [0.3, 0.4) is 0 Å². The van der Waals surface area contributed by atoms with E-state index in [0.29, 0.717) is 42.5 Å². The number of piperidine rings is 3. The second kappa shape index (κ2) is 17.4. The summed E-state index contributed by atoms with van der Waals surface area (Å²) in [5.41, 5.74) is -0.648. The fourth-order valence-electron chi connectivity index (χ4n) is 8.45. The van der Waals surface area contributed by atoms with Gasteiger partial charge >= 0.3 is 12.2 Å². The zero-order valence-corrected chi connectivity index (χ0v) is 34.3. The summed E-state index contributed by atoms with van der Waals surface area (Å²) < 4.78 is 10.9. The molecule has 2 N–H and O–H groups in total. The molecule has 5 aliphatic rings. The van der Waals surface area contributed by atoms with Gasteiger partial charge < -0.3 is 29.7 Å². The van der Waals surface area contributed by atoms with Crippen molar-refractivity contribution in [2.24, 2.45) is 0 Å². The van der Waals surface area contributed by atoms with Gasteiger partial charge in [0.15, 0.2) is 0 Å². The maximum atomic E-state index is 12.4. The number of nitrogens with zero attached hydrogens (tertiary/aromatic N) is 6. The lowest BCUT2D eigenvalue weighted by atomic mass is 9.83. The number of ketones is 1. The van der Waals surface area contributed by atoms with Crippen molar-refractivity contribution in [1.29, 1.82) is 0 Å². The second-order valence-corrected chi connectivity index (χ2v) is 18.7. The molecule has 300 valence electrons. The van der Waals surface area contributed by atoms with Crippen LogP contribution < -0.4 is 5.32 Å². The van der Waals surface area contributed by atoms with Crippen molar-refractivity contribution in [2.75, 3.05) is 0 Å². The van der Waals surface area contributed by atoms with Gasteiger partial charge in [0, 0.05) is 79.5 Å². The number of rotatable bonds is 1. The molecule has 2 amide bonds. The van der Waals surface area contributed by atoms with Crippen LogP contribution >= 0.6 is 0 Å². The van der Waals surface area contributed by atoms with E-state index in [1.54, 1.807) is 35.6 Å². The average molecular weight is 752 g/mol. The van der Waals surface area contributed by atoms with E-state index in [9.17, 15) is 19.5 Å². The molecule has 54 heavy (non-hydrogen) atoms. The Morgan fingerprint density at radius 3 is 1.50 bits per heavy atom. The number of hydrogen-bond acceptors (Lipinski definition) is 11. The molecule has 5 fully saturated rings. The maximum Gasteiger partial charge on any atom is 0.410 e. The van der Waals surface area contributed by atoms with Crippen molar-refractivity contribution in [3.8, 4) is 0 Å². The van der Waals surface area contributed by atoms with E-state index < -0.39 is 16.8 Å². The van der Waals surface area contributed by atoms with Crippen LogP contribution in [0.1, 0.15) is 146 Å². The molecule has 4 atom stereocenters. The Labute approximate surface area is 322 Å². The molecule has 4 unspecified atom stereocenters. The summed E-state index contributed by atoms with van der Waals surface area (Å²) in [6, 6.07) is 7.40. The van der Waals surface area contributed by atoms with E-state index in [1.807, 2.05) is 58.6 Å². The molecule has 4 bridgehead atoms. The van der Waals surface area contributed by atoms with E-state index in [-0.39, 0.29) is 42.1 Å². The average Bonchev–Trinajstić information content (AvgIpc) is 3.50. The van der Waals surface area contributed by atoms with Crippen LogP contribution in [-0.4, -0.2) is 99.7 Å². The van der Waals surface area contributed by atoms with Gasteiger partial charge in [-0.05, 0) is 138 Å². The van der Waals surface area contributed by atoms with Crippen LogP contribution in [0.2, 0.25) is 0 Å². The maximum absolute atomic E-state index is 12.4. The summed E-state index contributed by atoms with van der Waals surface area (Å²) in [6.07, 6.45) is 14.0. The highest BCUT2D eigenvalue weighted by atomic mass is 16.6. The molecule has 0 aliphatic carbocycles. The number of hydrogen-bond donors (Lipinski definition) is 2. The van der Waals surface area contributed by atoms with Crippen LogP contribution in [0.25, 0.3) is 0 Å². The Kier molecular flexibility index (Phi) is 13.9. The van der Waals surface area contributed by atoms with Crippen molar-refractivity contribution in [1.82, 2.24) is 35.5 Å². The van der Waals surface area contributed by atoms with Gasteiger partial charge in [-0.2, -0.15) is 20.4 Å². The molecule has 13 heteroatoms. The lowest BCUT2D eigenvalue weighted by Crippen LogP contribution is -2.55. The number of amides is 2. The molecule has 5 aliphatic heterocycles. The SMILES string of the molecule is CC(C)(C)OC(=O)N1C2CCC1CC(=O)C2.CC(C)(C)OC(=O)N1C2CCC1CC(O)(c1cccnn1)C2.CC1(C)CCCC(C)(C)N1.c1ccnnc1. The summed E-state index contributed by atoms with van der Waals surface area (Å²) in [5, 5.41) is 29.6. The highest BCUT2D eigenvalue weighted by Gasteiger charge is 2.52. The highest BCUT2D eigenvalue weighted by molar-refractivity contribution is 5.83. The number of carbonyl (C=O) groups excluding carboxylic acids is 3. The highest BCUT2D eigenvalue weighted by Crippen LogP contribution is 2.45. The molecule has 0 radical (unpaired) electrons. The fourth-order valence-corrected chi connectivity index (χ4v) is 8.45. The molecular formula is C41H65N7O6. The minimum absolute atomic E-state index is 0.000561. The lowest BCUT2D eigenvalue weighted by molar-refractivity contribution is -0.123. The zero-order valence-electron chi connectivity index (χ0n) is 34.3. The number of ether oxygens (including phenoxy) is 2. The third-order valence-corrected chi connectivity index (χ3v) is 10.3. The molecular weight excluding hydrogens is 686 g/mol. The standard InChI is InChI=1S/C16H23N3O3.C12H19NO3.C9H19N.C4H4N2/c1-15(2,3)22-14(20)19-11-6-7-12(19)10-16(21,9-11)13-5-4-8-17-18-13;1-12(2,3)16-11(15)13-8-4-5-9(13)7-10(14)6-8;1-8(2)6-5-7-9(3,4)10-8;1-2-4-6-5-3-1/h4-5,8,11-12,21H,6-7,9-10H2,1-3H3;8-9H,4-7H2,1-3H3;10H,5-7H2,1-4H3;1-4H. The molecule has 2 aromatic rings. The van der Waals surface area contributed by atoms with Gasteiger partial charge in [-0.25, -0.2) is 9.59 Å². The Balaban J connectivity index is 0.000000177. The first kappa shape index (κ1) is 43.0. The minimum Gasteiger partial charge on any atom is -0.444 e. The van der Waals surface area contributed by atoms with Gasteiger partial charge in [0.2, 0.25) is 0 Å². The molecule has 0 aromatic carbocycles. The van der Waals surface area contributed by atoms with Gasteiger partial charge in [-0.1, -0.05) is 0 Å². The lowest BCUT2D eigenvalue weighted by Gasteiger charge is -2.43. The number of carbonyl (C=O) groups is 3.